The summed E-state index contributed by atoms with van der Waals surface area (Å²) in [5.74, 6) is 0. The summed E-state index contributed by atoms with van der Waals surface area (Å²) in [5.41, 5.74) is 5.04. The summed E-state index contributed by atoms with van der Waals surface area (Å²) in [6.45, 7) is 2.11. The van der Waals surface area contributed by atoms with Crippen molar-refractivity contribution in [3.05, 3.63) is 28.8 Å². The lowest BCUT2D eigenvalue weighted by Gasteiger charge is -2.15. The van der Waals surface area contributed by atoms with E-state index in [2.05, 4.69) is 35.0 Å². The fourth-order valence-corrected chi connectivity index (χ4v) is 2.95. The van der Waals surface area contributed by atoms with Crippen LogP contribution in [0.5, 0.6) is 0 Å². The number of hydrogen-bond donors (Lipinski definition) is 0. The highest BCUT2D eigenvalue weighted by atomic mass is 79.9. The van der Waals surface area contributed by atoms with Gasteiger partial charge in [-0.25, -0.2) is 0 Å². The molecule has 14 heavy (non-hydrogen) atoms. The van der Waals surface area contributed by atoms with Gasteiger partial charge in [-0.3, -0.25) is 0 Å². The van der Waals surface area contributed by atoms with E-state index in [4.69, 9.17) is 7.85 Å². The van der Waals surface area contributed by atoms with Crippen molar-refractivity contribution in [3.63, 3.8) is 0 Å². The van der Waals surface area contributed by atoms with Gasteiger partial charge in [0.2, 0.25) is 0 Å². The van der Waals surface area contributed by atoms with Crippen LogP contribution in [0, 0.1) is 6.92 Å². The molecule has 0 nitrogen and oxygen atoms in total. The smallest absolute Gasteiger partial charge is 0.0930 e. The molecule has 1 aromatic carbocycles. The molecular weight excluding hydrogens is 235 g/mol. The lowest BCUT2D eigenvalue weighted by molar-refractivity contribution is 0.709. The van der Waals surface area contributed by atoms with Crippen molar-refractivity contribution in [1.82, 2.24) is 0 Å². The van der Waals surface area contributed by atoms with E-state index in [-0.39, 0.29) is 0 Å². The summed E-state index contributed by atoms with van der Waals surface area (Å²) < 4.78 is 0. The second-order valence-corrected chi connectivity index (χ2v) is 5.24. The Morgan fingerprint density at radius 1 is 1.36 bits per heavy atom. The Hall–Kier alpha value is -0.235. The molecule has 0 saturated carbocycles. The third-order valence-electron chi connectivity index (χ3n) is 2.94. The van der Waals surface area contributed by atoms with E-state index >= 15 is 0 Å². The lowest BCUT2D eigenvalue weighted by atomic mass is 9.84. The van der Waals surface area contributed by atoms with Crippen LogP contribution in [-0.4, -0.2) is 7.85 Å². The Balaban J connectivity index is 2.53. The molecule has 1 aromatic rings. The Kier molecular flexibility index (Phi) is 3.01. The molecule has 0 spiro atoms. The van der Waals surface area contributed by atoms with Crippen LogP contribution in [0.3, 0.4) is 0 Å². The van der Waals surface area contributed by atoms with Gasteiger partial charge in [-0.15, -0.1) is 0 Å². The third kappa shape index (κ3) is 1.90. The van der Waals surface area contributed by atoms with Crippen LogP contribution in [0.15, 0.2) is 12.1 Å². The van der Waals surface area contributed by atoms with Gasteiger partial charge < -0.3 is 0 Å². The first kappa shape index (κ1) is 10.3. The minimum absolute atomic E-state index is 0.502. The number of benzene rings is 1. The minimum Gasteiger partial charge on any atom is -0.0930 e. The summed E-state index contributed by atoms with van der Waals surface area (Å²) in [4.78, 5) is 0.502. The molecule has 2 heteroatoms. The van der Waals surface area contributed by atoms with Gasteiger partial charge in [0.15, 0.2) is 0 Å². The van der Waals surface area contributed by atoms with Crippen LogP contribution in [0.4, 0.5) is 0 Å². The van der Waals surface area contributed by atoms with Crippen LogP contribution >= 0.6 is 15.9 Å². The van der Waals surface area contributed by atoms with Gasteiger partial charge >= 0.3 is 0 Å². The van der Waals surface area contributed by atoms with Crippen molar-refractivity contribution < 1.29 is 0 Å². The number of alkyl halides is 1. The Bertz CT molecular complexity index is 346. The molecule has 1 aliphatic rings. The first-order chi connectivity index (χ1) is 6.68. The van der Waals surface area contributed by atoms with Gasteiger partial charge in [-0.1, -0.05) is 51.1 Å². The van der Waals surface area contributed by atoms with Crippen LogP contribution < -0.4 is 5.46 Å². The van der Waals surface area contributed by atoms with E-state index in [0.717, 1.165) is 11.9 Å². The summed E-state index contributed by atoms with van der Waals surface area (Å²) in [6, 6.07) is 4.36. The van der Waals surface area contributed by atoms with Crippen molar-refractivity contribution in [1.29, 1.82) is 0 Å². The average molecular weight is 249 g/mol. The standard InChI is InChI=1S/C12H14BBr/c1-8-6-10-9(11(13)7-8)4-2-3-5-12(10)14/h6-7,12H,2-5H2,1H3. The molecule has 0 amide bonds. The van der Waals surface area contributed by atoms with Gasteiger partial charge in [0.1, 0.15) is 7.85 Å². The molecule has 0 aliphatic heterocycles. The quantitative estimate of drug-likeness (QED) is 0.376. The predicted molar refractivity (Wildman–Crippen MR) is 65.8 cm³/mol. The first-order valence-electron chi connectivity index (χ1n) is 5.21. The van der Waals surface area contributed by atoms with Crippen LogP contribution in [0.1, 0.15) is 40.8 Å². The van der Waals surface area contributed by atoms with Crippen LogP contribution in [0.25, 0.3) is 0 Å². The Morgan fingerprint density at radius 2 is 2.14 bits per heavy atom. The molecule has 1 unspecified atom stereocenters. The van der Waals surface area contributed by atoms with E-state index in [1.165, 1.54) is 36.0 Å². The lowest BCUT2D eigenvalue weighted by Crippen LogP contribution is -2.13. The number of hydrogen-bond acceptors (Lipinski definition) is 0. The monoisotopic (exact) mass is 248 g/mol. The fraction of sp³-hybridized carbons (Fsp3) is 0.500. The second-order valence-electron chi connectivity index (χ2n) is 4.14. The van der Waals surface area contributed by atoms with E-state index in [0.29, 0.717) is 4.83 Å². The maximum absolute atomic E-state index is 6.05. The molecular formula is C12H14BBr. The molecule has 0 bridgehead atoms. The SMILES string of the molecule is [B]c1cc(C)cc2c1CCCCC2Br. The zero-order valence-electron chi connectivity index (χ0n) is 8.52. The Labute approximate surface area is 95.6 Å². The molecule has 1 atom stereocenters. The molecule has 0 heterocycles. The van der Waals surface area contributed by atoms with E-state index in [1.54, 1.807) is 0 Å². The molecule has 0 saturated heterocycles. The molecule has 0 fully saturated rings. The maximum Gasteiger partial charge on any atom is 0.114 e. The van der Waals surface area contributed by atoms with Gasteiger partial charge in [0, 0.05) is 4.83 Å². The van der Waals surface area contributed by atoms with Crippen LogP contribution in [0.2, 0.25) is 0 Å². The van der Waals surface area contributed by atoms with Gasteiger partial charge in [-0.05, 0) is 31.7 Å². The van der Waals surface area contributed by atoms with Crippen molar-refractivity contribution in [2.45, 2.75) is 37.4 Å². The maximum atomic E-state index is 6.05. The van der Waals surface area contributed by atoms with Crippen molar-refractivity contribution >= 4 is 29.2 Å². The summed E-state index contributed by atoms with van der Waals surface area (Å²) in [5, 5.41) is 0. The Morgan fingerprint density at radius 3 is 2.93 bits per heavy atom. The van der Waals surface area contributed by atoms with Gasteiger partial charge in [-0.2, -0.15) is 0 Å². The van der Waals surface area contributed by atoms with Crippen molar-refractivity contribution in [2.75, 3.05) is 0 Å². The van der Waals surface area contributed by atoms with Crippen molar-refractivity contribution in [2.24, 2.45) is 0 Å². The molecule has 0 N–H and O–H groups in total. The third-order valence-corrected chi connectivity index (χ3v) is 3.89. The number of rotatable bonds is 0. The van der Waals surface area contributed by atoms with Gasteiger partial charge in [0.25, 0.3) is 0 Å². The zero-order valence-corrected chi connectivity index (χ0v) is 10.1. The number of halogens is 1. The van der Waals surface area contributed by atoms with E-state index in [1.807, 2.05) is 0 Å². The van der Waals surface area contributed by atoms with E-state index < -0.39 is 0 Å². The summed E-state index contributed by atoms with van der Waals surface area (Å²) in [7, 11) is 6.05. The molecule has 2 rings (SSSR count). The summed E-state index contributed by atoms with van der Waals surface area (Å²) in [6.07, 6.45) is 4.94. The topological polar surface area (TPSA) is 0 Å². The molecule has 72 valence electrons. The minimum atomic E-state index is 0.502. The predicted octanol–water partition coefficient (Wildman–Crippen LogP) is 2.95. The largest absolute Gasteiger partial charge is 0.114 e. The van der Waals surface area contributed by atoms with Crippen LogP contribution in [-0.2, 0) is 6.42 Å². The molecule has 2 radical (unpaired) electrons. The normalized spacial score (nSPS) is 21.4. The molecule has 1 aliphatic carbocycles. The van der Waals surface area contributed by atoms with Gasteiger partial charge in [0.05, 0.1) is 0 Å². The highest BCUT2D eigenvalue weighted by Gasteiger charge is 2.17. The van der Waals surface area contributed by atoms with Crippen molar-refractivity contribution in [3.8, 4) is 0 Å². The highest BCUT2D eigenvalue weighted by Crippen LogP contribution is 2.34. The average Bonchev–Trinajstić information content (AvgIpc) is 2.29. The van der Waals surface area contributed by atoms with E-state index in [9.17, 15) is 0 Å². The molecule has 0 aromatic heterocycles. The zero-order chi connectivity index (χ0) is 10.1. The fourth-order valence-electron chi connectivity index (χ4n) is 2.22. The highest BCUT2D eigenvalue weighted by molar-refractivity contribution is 9.09. The number of fused-ring (bicyclic) bond motifs is 1. The second kappa shape index (κ2) is 4.10. The first-order valence-corrected chi connectivity index (χ1v) is 6.13. The summed E-state index contributed by atoms with van der Waals surface area (Å²) >= 11 is 3.75. The number of aryl methyl sites for hydroxylation is 1.